The van der Waals surface area contributed by atoms with E-state index in [0.717, 1.165) is 12.5 Å². The second-order valence-corrected chi connectivity index (χ2v) is 6.62. The van der Waals surface area contributed by atoms with E-state index in [0.29, 0.717) is 6.04 Å². The van der Waals surface area contributed by atoms with Crippen molar-refractivity contribution in [1.29, 1.82) is 0 Å². The van der Waals surface area contributed by atoms with Gasteiger partial charge in [-0.25, -0.2) is 0 Å². The van der Waals surface area contributed by atoms with Crippen LogP contribution in [0.1, 0.15) is 75.6 Å². The SMILES string of the molecule is Cc1ccc(C(C)NCCCCCCC(C)C)cc1C. The smallest absolute Gasteiger partial charge is 0.0291 e. The van der Waals surface area contributed by atoms with Gasteiger partial charge in [-0.05, 0) is 56.3 Å². The van der Waals surface area contributed by atoms with Gasteiger partial charge in [-0.15, -0.1) is 0 Å². The fourth-order valence-corrected chi connectivity index (χ4v) is 2.50. The predicted octanol–water partition coefficient (Wildman–Crippen LogP) is 5.56. The van der Waals surface area contributed by atoms with Crippen LogP contribution in [0.3, 0.4) is 0 Å². The van der Waals surface area contributed by atoms with Gasteiger partial charge >= 0.3 is 0 Å². The molecule has 1 heteroatoms. The summed E-state index contributed by atoms with van der Waals surface area (Å²) >= 11 is 0. The molecule has 1 rings (SSSR count). The van der Waals surface area contributed by atoms with Gasteiger partial charge in [0, 0.05) is 6.04 Å². The van der Waals surface area contributed by atoms with Crippen molar-refractivity contribution in [3.63, 3.8) is 0 Å². The lowest BCUT2D eigenvalue weighted by Crippen LogP contribution is -2.19. The summed E-state index contributed by atoms with van der Waals surface area (Å²) in [5.41, 5.74) is 4.18. The molecule has 0 aliphatic carbocycles. The third kappa shape index (κ3) is 6.56. The molecule has 0 aliphatic rings. The Balaban J connectivity index is 2.16. The lowest BCUT2D eigenvalue weighted by atomic mass is 10.0. The fourth-order valence-electron chi connectivity index (χ4n) is 2.50. The zero-order chi connectivity index (χ0) is 15.0. The zero-order valence-electron chi connectivity index (χ0n) is 14.1. The minimum Gasteiger partial charge on any atom is -0.310 e. The average molecular weight is 275 g/mol. The summed E-state index contributed by atoms with van der Waals surface area (Å²) in [7, 11) is 0. The first-order chi connectivity index (χ1) is 9.50. The minimum atomic E-state index is 0.463. The molecule has 0 saturated carbocycles. The van der Waals surface area contributed by atoms with Gasteiger partial charge in [0.05, 0.1) is 0 Å². The second-order valence-electron chi connectivity index (χ2n) is 6.62. The van der Waals surface area contributed by atoms with Crippen LogP contribution in [0, 0.1) is 19.8 Å². The maximum atomic E-state index is 3.65. The highest BCUT2D eigenvalue weighted by Gasteiger charge is 2.05. The van der Waals surface area contributed by atoms with Crippen LogP contribution in [0.25, 0.3) is 0 Å². The molecule has 0 aromatic heterocycles. The van der Waals surface area contributed by atoms with E-state index in [1.165, 1.54) is 48.8 Å². The number of unbranched alkanes of at least 4 members (excludes halogenated alkanes) is 3. The van der Waals surface area contributed by atoms with Gasteiger partial charge in [0.25, 0.3) is 0 Å². The Morgan fingerprint density at radius 2 is 1.60 bits per heavy atom. The van der Waals surface area contributed by atoms with Crippen molar-refractivity contribution in [3.8, 4) is 0 Å². The highest BCUT2D eigenvalue weighted by atomic mass is 14.9. The molecule has 114 valence electrons. The Kier molecular flexibility index (Phi) is 7.91. The normalized spacial score (nSPS) is 12.9. The first-order valence-corrected chi connectivity index (χ1v) is 8.31. The fraction of sp³-hybridized carbons (Fsp3) is 0.684. The van der Waals surface area contributed by atoms with Gasteiger partial charge in [0.2, 0.25) is 0 Å². The molecule has 0 aliphatic heterocycles. The summed E-state index contributed by atoms with van der Waals surface area (Å²) in [4.78, 5) is 0. The van der Waals surface area contributed by atoms with Crippen molar-refractivity contribution in [2.75, 3.05) is 6.54 Å². The summed E-state index contributed by atoms with van der Waals surface area (Å²) in [5.74, 6) is 0.859. The molecule has 0 bridgehead atoms. The van der Waals surface area contributed by atoms with E-state index in [-0.39, 0.29) is 0 Å². The van der Waals surface area contributed by atoms with Gasteiger partial charge < -0.3 is 5.32 Å². The van der Waals surface area contributed by atoms with Crippen LogP contribution < -0.4 is 5.32 Å². The zero-order valence-corrected chi connectivity index (χ0v) is 14.1. The van der Waals surface area contributed by atoms with Crippen LogP contribution in [-0.4, -0.2) is 6.54 Å². The van der Waals surface area contributed by atoms with Crippen LogP contribution in [0.5, 0.6) is 0 Å². The van der Waals surface area contributed by atoms with Gasteiger partial charge in [-0.1, -0.05) is 57.7 Å². The van der Waals surface area contributed by atoms with Crippen LogP contribution in [0.15, 0.2) is 18.2 Å². The number of hydrogen-bond donors (Lipinski definition) is 1. The van der Waals surface area contributed by atoms with E-state index in [2.05, 4.69) is 58.1 Å². The van der Waals surface area contributed by atoms with E-state index in [9.17, 15) is 0 Å². The summed E-state index contributed by atoms with van der Waals surface area (Å²) < 4.78 is 0. The molecular formula is C19H33N. The third-order valence-corrected chi connectivity index (χ3v) is 4.19. The first-order valence-electron chi connectivity index (χ1n) is 8.31. The largest absolute Gasteiger partial charge is 0.310 e. The lowest BCUT2D eigenvalue weighted by Gasteiger charge is -2.15. The standard InChI is InChI=1S/C19H33N/c1-15(2)10-8-6-7-9-13-20-18(5)19-12-11-16(3)17(4)14-19/h11-12,14-15,18,20H,6-10,13H2,1-5H3. The molecule has 20 heavy (non-hydrogen) atoms. The molecule has 0 saturated heterocycles. The van der Waals surface area contributed by atoms with E-state index in [1.807, 2.05) is 0 Å². The van der Waals surface area contributed by atoms with E-state index < -0.39 is 0 Å². The van der Waals surface area contributed by atoms with E-state index in [4.69, 9.17) is 0 Å². The average Bonchev–Trinajstić information content (AvgIpc) is 2.40. The van der Waals surface area contributed by atoms with Crippen molar-refractivity contribution in [2.24, 2.45) is 5.92 Å². The quantitative estimate of drug-likeness (QED) is 0.582. The molecular weight excluding hydrogens is 242 g/mol. The van der Waals surface area contributed by atoms with Crippen molar-refractivity contribution in [3.05, 3.63) is 34.9 Å². The molecule has 1 nitrogen and oxygen atoms in total. The molecule has 1 aromatic carbocycles. The number of benzene rings is 1. The Labute approximate surface area is 126 Å². The predicted molar refractivity (Wildman–Crippen MR) is 90.3 cm³/mol. The Bertz CT molecular complexity index is 381. The van der Waals surface area contributed by atoms with Crippen LogP contribution in [0.2, 0.25) is 0 Å². The molecule has 0 heterocycles. The number of rotatable bonds is 9. The summed E-state index contributed by atoms with van der Waals surface area (Å²) in [6.45, 7) is 12.4. The van der Waals surface area contributed by atoms with Crippen LogP contribution in [-0.2, 0) is 0 Å². The van der Waals surface area contributed by atoms with Crippen molar-refractivity contribution < 1.29 is 0 Å². The lowest BCUT2D eigenvalue weighted by molar-refractivity contribution is 0.498. The molecule has 1 N–H and O–H groups in total. The molecule has 1 unspecified atom stereocenters. The third-order valence-electron chi connectivity index (χ3n) is 4.19. The van der Waals surface area contributed by atoms with Crippen molar-refractivity contribution in [1.82, 2.24) is 5.32 Å². The van der Waals surface area contributed by atoms with Crippen LogP contribution >= 0.6 is 0 Å². The summed E-state index contributed by atoms with van der Waals surface area (Å²) in [6.07, 6.45) is 6.82. The molecule has 1 atom stereocenters. The Morgan fingerprint density at radius 3 is 2.25 bits per heavy atom. The Morgan fingerprint density at radius 1 is 0.900 bits per heavy atom. The van der Waals surface area contributed by atoms with E-state index in [1.54, 1.807) is 0 Å². The molecule has 0 amide bonds. The summed E-state index contributed by atoms with van der Waals surface area (Å²) in [6, 6.07) is 7.26. The first kappa shape index (κ1) is 17.2. The molecule has 1 aromatic rings. The van der Waals surface area contributed by atoms with Gasteiger partial charge in [-0.2, -0.15) is 0 Å². The molecule has 0 fully saturated rings. The number of nitrogens with one attached hydrogen (secondary N) is 1. The van der Waals surface area contributed by atoms with Crippen molar-refractivity contribution >= 4 is 0 Å². The highest BCUT2D eigenvalue weighted by molar-refractivity contribution is 5.31. The van der Waals surface area contributed by atoms with Crippen LogP contribution in [0.4, 0.5) is 0 Å². The van der Waals surface area contributed by atoms with Gasteiger partial charge in [0.1, 0.15) is 0 Å². The Hall–Kier alpha value is -0.820. The minimum absolute atomic E-state index is 0.463. The maximum absolute atomic E-state index is 3.65. The van der Waals surface area contributed by atoms with Gasteiger partial charge in [0.15, 0.2) is 0 Å². The second kappa shape index (κ2) is 9.18. The topological polar surface area (TPSA) is 12.0 Å². The van der Waals surface area contributed by atoms with Crippen molar-refractivity contribution in [2.45, 2.75) is 72.8 Å². The van der Waals surface area contributed by atoms with Gasteiger partial charge in [-0.3, -0.25) is 0 Å². The molecule has 0 spiro atoms. The maximum Gasteiger partial charge on any atom is 0.0291 e. The van der Waals surface area contributed by atoms with E-state index >= 15 is 0 Å². The molecule has 0 radical (unpaired) electrons. The highest BCUT2D eigenvalue weighted by Crippen LogP contribution is 2.17. The monoisotopic (exact) mass is 275 g/mol. The number of hydrogen-bond acceptors (Lipinski definition) is 1. The summed E-state index contributed by atoms with van der Waals surface area (Å²) in [5, 5.41) is 3.65. The number of aryl methyl sites for hydroxylation is 2.